The molecule has 0 bridgehead atoms. The molecular formula is C10H20N2O2. The Bertz CT molecular complexity index is 202. The van der Waals surface area contributed by atoms with E-state index in [0.29, 0.717) is 13.1 Å². The van der Waals surface area contributed by atoms with E-state index in [2.05, 4.69) is 5.32 Å². The van der Waals surface area contributed by atoms with Crippen molar-refractivity contribution in [2.24, 2.45) is 0 Å². The minimum Gasteiger partial charge on any atom is -0.389 e. The van der Waals surface area contributed by atoms with Crippen LogP contribution in [0.3, 0.4) is 0 Å². The first-order valence-electron chi connectivity index (χ1n) is 5.24. The molecule has 4 nitrogen and oxygen atoms in total. The second-order valence-electron chi connectivity index (χ2n) is 4.09. The highest BCUT2D eigenvalue weighted by molar-refractivity contribution is 5.77. The number of hydrogen-bond donors (Lipinski definition) is 2. The topological polar surface area (TPSA) is 52.6 Å². The monoisotopic (exact) mass is 200 g/mol. The van der Waals surface area contributed by atoms with Gasteiger partial charge >= 0.3 is 0 Å². The molecule has 0 unspecified atom stereocenters. The number of rotatable bonds is 5. The van der Waals surface area contributed by atoms with Crippen molar-refractivity contribution in [3.8, 4) is 0 Å². The molecule has 1 amide bonds. The van der Waals surface area contributed by atoms with Crippen LogP contribution in [-0.4, -0.2) is 48.2 Å². The lowest BCUT2D eigenvalue weighted by Crippen LogP contribution is -2.48. The molecule has 0 saturated heterocycles. The second-order valence-corrected chi connectivity index (χ2v) is 4.09. The Morgan fingerprint density at radius 3 is 2.64 bits per heavy atom. The molecule has 0 spiro atoms. The van der Waals surface area contributed by atoms with E-state index in [-0.39, 0.29) is 5.91 Å². The third kappa shape index (κ3) is 2.96. The van der Waals surface area contributed by atoms with Gasteiger partial charge in [-0.2, -0.15) is 0 Å². The maximum Gasteiger partial charge on any atom is 0.236 e. The number of amides is 1. The van der Waals surface area contributed by atoms with Crippen molar-refractivity contribution in [2.45, 2.75) is 31.8 Å². The zero-order valence-corrected chi connectivity index (χ0v) is 9.05. The number of carbonyl (C=O) groups excluding carboxylic acids is 1. The summed E-state index contributed by atoms with van der Waals surface area (Å²) in [4.78, 5) is 13.0. The van der Waals surface area contributed by atoms with Gasteiger partial charge in [-0.1, -0.05) is 0 Å². The van der Waals surface area contributed by atoms with Gasteiger partial charge in [-0.25, -0.2) is 0 Å². The number of likely N-dealkylation sites (N-methyl/N-ethyl adjacent to an activating group) is 1. The summed E-state index contributed by atoms with van der Waals surface area (Å²) in [5.74, 6) is 0.0791. The molecule has 82 valence electrons. The summed E-state index contributed by atoms with van der Waals surface area (Å²) in [5, 5.41) is 12.7. The van der Waals surface area contributed by atoms with Crippen molar-refractivity contribution < 1.29 is 9.90 Å². The molecule has 0 aromatic rings. The van der Waals surface area contributed by atoms with Gasteiger partial charge in [0.25, 0.3) is 0 Å². The maximum absolute atomic E-state index is 11.3. The Labute approximate surface area is 85.3 Å². The van der Waals surface area contributed by atoms with Crippen molar-refractivity contribution in [3.05, 3.63) is 0 Å². The van der Waals surface area contributed by atoms with Gasteiger partial charge in [-0.05, 0) is 26.2 Å². The van der Waals surface area contributed by atoms with Gasteiger partial charge in [-0.15, -0.1) is 0 Å². The highest BCUT2D eigenvalue weighted by Crippen LogP contribution is 2.30. The van der Waals surface area contributed by atoms with E-state index in [1.54, 1.807) is 11.9 Å². The third-order valence-electron chi connectivity index (χ3n) is 2.91. The van der Waals surface area contributed by atoms with Gasteiger partial charge in [0.15, 0.2) is 0 Å². The van der Waals surface area contributed by atoms with Crippen LogP contribution in [0, 0.1) is 0 Å². The van der Waals surface area contributed by atoms with Crippen LogP contribution in [0.5, 0.6) is 0 Å². The second kappa shape index (κ2) is 4.75. The molecule has 0 heterocycles. The predicted molar refractivity (Wildman–Crippen MR) is 55.0 cm³/mol. The first kappa shape index (κ1) is 11.5. The van der Waals surface area contributed by atoms with E-state index in [9.17, 15) is 9.90 Å². The average Bonchev–Trinajstić information content (AvgIpc) is 2.13. The Balaban J connectivity index is 2.11. The summed E-state index contributed by atoms with van der Waals surface area (Å²) in [7, 11) is 1.78. The van der Waals surface area contributed by atoms with Gasteiger partial charge in [0, 0.05) is 20.1 Å². The van der Waals surface area contributed by atoms with Crippen LogP contribution in [0.2, 0.25) is 0 Å². The molecule has 2 N–H and O–H groups in total. The molecule has 0 atom stereocenters. The third-order valence-corrected chi connectivity index (χ3v) is 2.91. The number of nitrogens with zero attached hydrogens (tertiary/aromatic N) is 1. The highest BCUT2D eigenvalue weighted by atomic mass is 16.3. The van der Waals surface area contributed by atoms with Crippen LogP contribution in [0.4, 0.5) is 0 Å². The largest absolute Gasteiger partial charge is 0.389 e. The summed E-state index contributed by atoms with van der Waals surface area (Å²) < 4.78 is 0. The molecule has 0 radical (unpaired) electrons. The predicted octanol–water partition coefficient (Wildman–Crippen LogP) is -0.0307. The van der Waals surface area contributed by atoms with Gasteiger partial charge in [0.05, 0.1) is 12.1 Å². The Hall–Kier alpha value is -0.610. The van der Waals surface area contributed by atoms with Crippen LogP contribution >= 0.6 is 0 Å². The fourth-order valence-electron chi connectivity index (χ4n) is 1.48. The van der Waals surface area contributed by atoms with Crippen molar-refractivity contribution in [1.29, 1.82) is 0 Å². The highest BCUT2D eigenvalue weighted by Gasteiger charge is 2.33. The minimum atomic E-state index is -0.537. The van der Waals surface area contributed by atoms with Crippen LogP contribution in [0.1, 0.15) is 26.2 Å². The Morgan fingerprint density at radius 2 is 2.21 bits per heavy atom. The summed E-state index contributed by atoms with van der Waals surface area (Å²) >= 11 is 0. The Morgan fingerprint density at radius 1 is 1.57 bits per heavy atom. The van der Waals surface area contributed by atoms with Crippen LogP contribution in [0.15, 0.2) is 0 Å². The molecule has 1 aliphatic rings. The molecule has 4 heteroatoms. The lowest BCUT2D eigenvalue weighted by molar-refractivity contribution is -0.129. The molecule has 1 aliphatic carbocycles. The average molecular weight is 200 g/mol. The van der Waals surface area contributed by atoms with Crippen molar-refractivity contribution in [1.82, 2.24) is 10.2 Å². The number of nitrogens with one attached hydrogen (secondary N) is 1. The zero-order valence-electron chi connectivity index (χ0n) is 9.05. The Kier molecular flexibility index (Phi) is 3.89. The normalized spacial score (nSPS) is 18.8. The summed E-state index contributed by atoms with van der Waals surface area (Å²) in [6.07, 6.45) is 2.82. The van der Waals surface area contributed by atoms with E-state index < -0.39 is 5.60 Å². The number of hydrogen-bond acceptors (Lipinski definition) is 3. The molecule has 0 aliphatic heterocycles. The molecular weight excluding hydrogens is 180 g/mol. The van der Waals surface area contributed by atoms with Gasteiger partial charge in [0.2, 0.25) is 5.91 Å². The lowest BCUT2D eigenvalue weighted by atomic mass is 9.80. The lowest BCUT2D eigenvalue weighted by Gasteiger charge is -2.36. The smallest absolute Gasteiger partial charge is 0.236 e. The fraction of sp³-hybridized carbons (Fsp3) is 0.900. The first-order valence-corrected chi connectivity index (χ1v) is 5.24. The van der Waals surface area contributed by atoms with Crippen molar-refractivity contribution >= 4 is 5.91 Å². The van der Waals surface area contributed by atoms with Gasteiger partial charge in [-0.3, -0.25) is 4.79 Å². The van der Waals surface area contributed by atoms with Crippen LogP contribution in [-0.2, 0) is 4.79 Å². The minimum absolute atomic E-state index is 0.0791. The van der Waals surface area contributed by atoms with E-state index in [4.69, 9.17) is 0 Å². The van der Waals surface area contributed by atoms with E-state index in [1.807, 2.05) is 6.92 Å². The number of aliphatic hydroxyl groups is 1. The first-order chi connectivity index (χ1) is 6.57. The molecule has 1 rings (SSSR count). The summed E-state index contributed by atoms with van der Waals surface area (Å²) in [6, 6.07) is 0. The van der Waals surface area contributed by atoms with E-state index in [0.717, 1.165) is 25.8 Å². The quantitative estimate of drug-likeness (QED) is 0.655. The van der Waals surface area contributed by atoms with Gasteiger partial charge < -0.3 is 15.3 Å². The SMILES string of the molecule is CCN(C)C(=O)CNCC1(O)CCC1. The van der Waals surface area contributed by atoms with E-state index in [1.165, 1.54) is 0 Å². The van der Waals surface area contributed by atoms with Crippen molar-refractivity contribution in [2.75, 3.05) is 26.7 Å². The zero-order chi connectivity index (χ0) is 10.6. The summed E-state index contributed by atoms with van der Waals surface area (Å²) in [5.41, 5.74) is -0.537. The van der Waals surface area contributed by atoms with Crippen molar-refractivity contribution in [3.63, 3.8) is 0 Å². The molecule has 0 aromatic carbocycles. The standard InChI is InChI=1S/C10H20N2O2/c1-3-12(2)9(13)7-11-8-10(14)5-4-6-10/h11,14H,3-8H2,1-2H3. The van der Waals surface area contributed by atoms with Crippen LogP contribution < -0.4 is 5.32 Å². The molecule has 1 fully saturated rings. The van der Waals surface area contributed by atoms with Crippen LogP contribution in [0.25, 0.3) is 0 Å². The molecule has 0 aromatic heterocycles. The number of carbonyl (C=O) groups is 1. The molecule has 14 heavy (non-hydrogen) atoms. The maximum atomic E-state index is 11.3. The summed E-state index contributed by atoms with van der Waals surface area (Å²) in [6.45, 7) is 3.53. The fourth-order valence-corrected chi connectivity index (χ4v) is 1.48. The van der Waals surface area contributed by atoms with E-state index >= 15 is 0 Å². The molecule has 1 saturated carbocycles. The van der Waals surface area contributed by atoms with Gasteiger partial charge in [0.1, 0.15) is 0 Å².